The summed E-state index contributed by atoms with van der Waals surface area (Å²) in [6, 6.07) is 3.09. The van der Waals surface area contributed by atoms with E-state index in [9.17, 15) is 9.59 Å². The van der Waals surface area contributed by atoms with Gasteiger partial charge in [0, 0.05) is 42.7 Å². The Balaban J connectivity index is 2.13. The Morgan fingerprint density at radius 2 is 2.21 bits per heavy atom. The molecule has 0 aromatic carbocycles. The second-order valence-electron chi connectivity index (χ2n) is 6.27. The molecule has 0 spiro atoms. The van der Waals surface area contributed by atoms with Crippen LogP contribution in [0.5, 0.6) is 0 Å². The Labute approximate surface area is 141 Å². The zero-order chi connectivity index (χ0) is 17.7. The van der Waals surface area contributed by atoms with Gasteiger partial charge in [0.1, 0.15) is 6.54 Å². The molecule has 0 fully saturated rings. The molecule has 0 atom stereocenters. The molecule has 6 nitrogen and oxygen atoms in total. The molecule has 2 rings (SSSR count). The first kappa shape index (κ1) is 17.5. The zero-order valence-electron chi connectivity index (χ0n) is 14.2. The number of aromatic amines is 1. The molecule has 0 bridgehead atoms. The Bertz CT molecular complexity index is 811. The monoisotopic (exact) mass is 326 g/mol. The fourth-order valence-electron chi connectivity index (χ4n) is 2.51. The normalized spacial score (nSPS) is 10.6. The molecule has 24 heavy (non-hydrogen) atoms. The minimum absolute atomic E-state index is 0.198. The van der Waals surface area contributed by atoms with Gasteiger partial charge in [0.15, 0.2) is 0 Å². The highest BCUT2D eigenvalue weighted by Gasteiger charge is 2.15. The fourth-order valence-corrected chi connectivity index (χ4v) is 2.51. The lowest BCUT2D eigenvalue weighted by atomic mass is 10.1. The van der Waals surface area contributed by atoms with Crippen molar-refractivity contribution in [1.82, 2.24) is 19.7 Å². The smallest absolute Gasteiger partial charge is 0.254 e. The van der Waals surface area contributed by atoms with Crippen LogP contribution in [0, 0.1) is 18.3 Å². The number of rotatable bonds is 6. The highest BCUT2D eigenvalue weighted by atomic mass is 16.2. The first-order chi connectivity index (χ1) is 11.4. The van der Waals surface area contributed by atoms with Gasteiger partial charge in [-0.1, -0.05) is 19.8 Å². The van der Waals surface area contributed by atoms with E-state index in [1.165, 1.54) is 6.07 Å². The third kappa shape index (κ3) is 4.59. The molecule has 0 saturated carbocycles. The van der Waals surface area contributed by atoms with Gasteiger partial charge in [0.25, 0.3) is 5.91 Å². The number of carbonyl (C=O) groups is 1. The molecule has 1 N–H and O–H groups in total. The van der Waals surface area contributed by atoms with E-state index in [-0.39, 0.29) is 11.5 Å². The Hall–Kier alpha value is -2.81. The van der Waals surface area contributed by atoms with Crippen LogP contribution in [0.25, 0.3) is 0 Å². The van der Waals surface area contributed by atoms with E-state index in [1.54, 1.807) is 28.9 Å². The average molecular weight is 326 g/mol. The Morgan fingerprint density at radius 1 is 1.46 bits per heavy atom. The quantitative estimate of drug-likeness (QED) is 0.821. The van der Waals surface area contributed by atoms with Gasteiger partial charge in [-0.3, -0.25) is 14.3 Å². The summed E-state index contributed by atoms with van der Waals surface area (Å²) in [5.74, 6) is 2.70. The average Bonchev–Trinajstić information content (AvgIpc) is 2.92. The molecule has 0 saturated heterocycles. The summed E-state index contributed by atoms with van der Waals surface area (Å²) >= 11 is 0. The molecule has 0 aliphatic carbocycles. The van der Waals surface area contributed by atoms with E-state index in [0.717, 1.165) is 17.7 Å². The predicted octanol–water partition coefficient (Wildman–Crippen LogP) is 1.68. The molecule has 2 aromatic rings. The molecule has 0 radical (unpaired) electrons. The van der Waals surface area contributed by atoms with Crippen LogP contribution >= 0.6 is 0 Å². The number of carbonyl (C=O) groups excluding carboxylic acids is 1. The van der Waals surface area contributed by atoms with E-state index >= 15 is 0 Å². The van der Waals surface area contributed by atoms with Crippen LogP contribution in [-0.4, -0.2) is 32.6 Å². The first-order valence-corrected chi connectivity index (χ1v) is 7.82. The van der Waals surface area contributed by atoms with Crippen molar-refractivity contribution in [2.45, 2.75) is 33.4 Å². The largest absolute Gasteiger partial charge is 0.337 e. The maximum absolute atomic E-state index is 12.6. The molecule has 1 amide bonds. The van der Waals surface area contributed by atoms with Crippen molar-refractivity contribution in [2.75, 3.05) is 7.05 Å². The second kappa shape index (κ2) is 7.64. The minimum atomic E-state index is -0.258. The molecule has 0 unspecified atom stereocenters. The van der Waals surface area contributed by atoms with Crippen LogP contribution < -0.4 is 5.56 Å². The van der Waals surface area contributed by atoms with Crippen LogP contribution in [0.15, 0.2) is 29.3 Å². The minimum Gasteiger partial charge on any atom is -0.337 e. The first-order valence-electron chi connectivity index (χ1n) is 7.82. The summed E-state index contributed by atoms with van der Waals surface area (Å²) in [6.07, 6.45) is 9.47. The number of hydrogen-bond donors (Lipinski definition) is 1. The third-order valence-corrected chi connectivity index (χ3v) is 3.48. The van der Waals surface area contributed by atoms with E-state index in [0.29, 0.717) is 24.6 Å². The SMILES string of the molecule is C#CCn1cc(CN(C)C(=O)c2cc(CC(C)C)[nH]c(=O)c2)cn1. The van der Waals surface area contributed by atoms with Gasteiger partial charge in [0.05, 0.1) is 6.20 Å². The second-order valence-corrected chi connectivity index (χ2v) is 6.27. The van der Waals surface area contributed by atoms with E-state index in [1.807, 2.05) is 6.20 Å². The van der Waals surface area contributed by atoms with Crippen molar-refractivity contribution in [3.63, 3.8) is 0 Å². The lowest BCUT2D eigenvalue weighted by molar-refractivity contribution is 0.0784. The van der Waals surface area contributed by atoms with Crippen molar-refractivity contribution in [2.24, 2.45) is 5.92 Å². The lowest BCUT2D eigenvalue weighted by Gasteiger charge is -2.16. The highest BCUT2D eigenvalue weighted by molar-refractivity contribution is 5.94. The summed E-state index contributed by atoms with van der Waals surface area (Å²) in [5, 5.41) is 4.13. The summed E-state index contributed by atoms with van der Waals surface area (Å²) < 4.78 is 1.64. The molecule has 0 aliphatic rings. The van der Waals surface area contributed by atoms with Crippen molar-refractivity contribution >= 4 is 5.91 Å². The van der Waals surface area contributed by atoms with Crippen LogP contribution in [0.1, 0.15) is 35.5 Å². The van der Waals surface area contributed by atoms with E-state index in [2.05, 4.69) is 29.9 Å². The number of amides is 1. The van der Waals surface area contributed by atoms with Crippen LogP contribution in [0.4, 0.5) is 0 Å². The van der Waals surface area contributed by atoms with Gasteiger partial charge in [-0.15, -0.1) is 6.42 Å². The van der Waals surface area contributed by atoms with Crippen molar-refractivity contribution in [3.8, 4) is 12.3 Å². The fraction of sp³-hybridized carbons (Fsp3) is 0.389. The van der Waals surface area contributed by atoms with Crippen LogP contribution in [0.3, 0.4) is 0 Å². The van der Waals surface area contributed by atoms with Crippen molar-refractivity contribution in [3.05, 3.63) is 51.7 Å². The predicted molar refractivity (Wildman–Crippen MR) is 92.5 cm³/mol. The molecule has 6 heteroatoms. The van der Waals surface area contributed by atoms with Crippen molar-refractivity contribution < 1.29 is 4.79 Å². The molecule has 2 heterocycles. The third-order valence-electron chi connectivity index (χ3n) is 3.48. The number of H-pyrrole nitrogens is 1. The van der Waals surface area contributed by atoms with E-state index in [4.69, 9.17) is 6.42 Å². The molecule has 0 aliphatic heterocycles. The Kier molecular flexibility index (Phi) is 5.59. The lowest BCUT2D eigenvalue weighted by Crippen LogP contribution is -2.27. The maximum atomic E-state index is 12.6. The van der Waals surface area contributed by atoms with Gasteiger partial charge in [-0.2, -0.15) is 5.10 Å². The van der Waals surface area contributed by atoms with E-state index < -0.39 is 0 Å². The van der Waals surface area contributed by atoms with Gasteiger partial charge >= 0.3 is 0 Å². The standard InChI is InChI=1S/C18H22N4O2/c1-5-6-22-12-14(10-19-22)11-21(4)18(24)15-8-16(7-13(2)3)20-17(23)9-15/h1,8-10,12-13H,6-7,11H2,2-4H3,(H,20,23). The van der Waals surface area contributed by atoms with Gasteiger partial charge in [0.2, 0.25) is 5.56 Å². The summed E-state index contributed by atoms with van der Waals surface area (Å²) in [5.41, 5.74) is 1.80. The topological polar surface area (TPSA) is 71.0 Å². The maximum Gasteiger partial charge on any atom is 0.254 e. The molecule has 126 valence electrons. The zero-order valence-corrected chi connectivity index (χ0v) is 14.2. The van der Waals surface area contributed by atoms with Crippen molar-refractivity contribution in [1.29, 1.82) is 0 Å². The summed E-state index contributed by atoms with van der Waals surface area (Å²) in [6.45, 7) is 4.92. The van der Waals surface area contributed by atoms with Gasteiger partial charge < -0.3 is 9.88 Å². The molecular formula is C18H22N4O2. The number of nitrogens with zero attached hydrogens (tertiary/aromatic N) is 3. The number of hydrogen-bond acceptors (Lipinski definition) is 3. The number of nitrogens with one attached hydrogen (secondary N) is 1. The number of aromatic nitrogens is 3. The summed E-state index contributed by atoms with van der Waals surface area (Å²) in [7, 11) is 1.70. The van der Waals surface area contributed by atoms with Crippen LogP contribution in [0.2, 0.25) is 0 Å². The Morgan fingerprint density at radius 3 is 2.88 bits per heavy atom. The molecular weight excluding hydrogens is 304 g/mol. The van der Waals surface area contributed by atoms with Gasteiger partial charge in [-0.25, -0.2) is 0 Å². The molecule has 2 aromatic heterocycles. The van der Waals surface area contributed by atoms with Gasteiger partial charge in [-0.05, 0) is 18.4 Å². The summed E-state index contributed by atoms with van der Waals surface area (Å²) in [4.78, 5) is 28.7. The number of terminal acetylenes is 1. The van der Waals surface area contributed by atoms with Crippen LogP contribution in [-0.2, 0) is 19.5 Å². The number of pyridine rings is 1. The highest BCUT2D eigenvalue weighted by Crippen LogP contribution is 2.10.